The summed E-state index contributed by atoms with van der Waals surface area (Å²) >= 11 is 0. The van der Waals surface area contributed by atoms with Gasteiger partial charge in [-0.05, 0) is 24.3 Å². The van der Waals surface area contributed by atoms with Crippen LogP contribution in [0.2, 0.25) is 0 Å². The molecule has 0 aliphatic carbocycles. The Bertz CT molecular complexity index is 859. The van der Waals surface area contributed by atoms with Crippen LogP contribution in [0.25, 0.3) is 0 Å². The zero-order chi connectivity index (χ0) is 19.6. The van der Waals surface area contributed by atoms with Crippen LogP contribution in [0.15, 0.2) is 34.7 Å². The van der Waals surface area contributed by atoms with Gasteiger partial charge in [-0.1, -0.05) is 0 Å². The first-order valence-electron chi connectivity index (χ1n) is 7.85. The van der Waals surface area contributed by atoms with Crippen molar-refractivity contribution in [3.63, 3.8) is 0 Å². The predicted molar refractivity (Wildman–Crippen MR) is 87.8 cm³/mol. The largest absolute Gasteiger partial charge is 0.433 e. The van der Waals surface area contributed by atoms with E-state index in [9.17, 15) is 28.1 Å². The number of hydrogen-bond donors (Lipinski definition) is 1. The molecule has 0 atom stereocenters. The highest BCUT2D eigenvalue weighted by Gasteiger charge is 2.32. The Morgan fingerprint density at radius 3 is 2.48 bits per heavy atom. The first kappa shape index (κ1) is 18.7. The Balaban J connectivity index is 1.92. The van der Waals surface area contributed by atoms with Gasteiger partial charge in [-0.2, -0.15) is 13.2 Å². The van der Waals surface area contributed by atoms with Crippen LogP contribution in [0.1, 0.15) is 16.1 Å². The Kier molecular flexibility index (Phi) is 5.04. The predicted octanol–water partition coefficient (Wildman–Crippen LogP) is 3.30. The van der Waals surface area contributed by atoms with Crippen molar-refractivity contribution >= 4 is 23.2 Å². The van der Waals surface area contributed by atoms with Gasteiger partial charge in [0.05, 0.1) is 36.2 Å². The van der Waals surface area contributed by atoms with Crippen molar-refractivity contribution in [2.75, 3.05) is 36.5 Å². The summed E-state index contributed by atoms with van der Waals surface area (Å²) in [5, 5.41) is 13.0. The lowest BCUT2D eigenvalue weighted by atomic mass is 10.1. The van der Waals surface area contributed by atoms with Gasteiger partial charge in [0.25, 0.3) is 5.91 Å². The first-order chi connectivity index (χ1) is 12.8. The van der Waals surface area contributed by atoms with Gasteiger partial charge in [-0.15, -0.1) is 0 Å². The van der Waals surface area contributed by atoms with Crippen LogP contribution < -0.4 is 10.2 Å². The summed E-state index contributed by atoms with van der Waals surface area (Å²) in [4.78, 5) is 23.9. The number of benzene rings is 1. The molecule has 1 aromatic heterocycles. The van der Waals surface area contributed by atoms with Crippen LogP contribution in [0.3, 0.4) is 0 Å². The van der Waals surface area contributed by atoms with E-state index in [1.807, 2.05) is 0 Å². The second-order valence-electron chi connectivity index (χ2n) is 5.68. The van der Waals surface area contributed by atoms with Crippen LogP contribution in [0, 0.1) is 10.1 Å². The van der Waals surface area contributed by atoms with E-state index in [4.69, 9.17) is 9.15 Å². The van der Waals surface area contributed by atoms with Gasteiger partial charge in [0.2, 0.25) is 0 Å². The lowest BCUT2D eigenvalue weighted by Gasteiger charge is -2.30. The highest BCUT2D eigenvalue weighted by Crippen LogP contribution is 2.36. The second kappa shape index (κ2) is 7.27. The van der Waals surface area contributed by atoms with Crippen molar-refractivity contribution in [3.05, 3.63) is 51.8 Å². The zero-order valence-electron chi connectivity index (χ0n) is 13.8. The number of nitrogens with one attached hydrogen (secondary N) is 1. The molecule has 1 fully saturated rings. The van der Waals surface area contributed by atoms with Gasteiger partial charge < -0.3 is 19.4 Å². The monoisotopic (exact) mass is 385 g/mol. The van der Waals surface area contributed by atoms with Gasteiger partial charge in [0.15, 0.2) is 5.76 Å². The molecule has 1 aromatic carbocycles. The van der Waals surface area contributed by atoms with E-state index in [1.54, 1.807) is 4.90 Å². The molecule has 0 spiro atoms. The van der Waals surface area contributed by atoms with Gasteiger partial charge in [-0.25, -0.2) is 0 Å². The molecule has 1 amide bonds. The Hall–Kier alpha value is -3.08. The van der Waals surface area contributed by atoms with E-state index in [2.05, 4.69) is 5.32 Å². The number of nitro groups is 1. The van der Waals surface area contributed by atoms with Crippen molar-refractivity contribution in [1.82, 2.24) is 0 Å². The number of carbonyl (C=O) groups excluding carboxylic acids is 1. The Morgan fingerprint density at radius 1 is 1.19 bits per heavy atom. The van der Waals surface area contributed by atoms with Gasteiger partial charge in [0.1, 0.15) is 4.92 Å². The molecule has 8 nitrogen and oxygen atoms in total. The minimum absolute atomic E-state index is 0.0734. The molecular weight excluding hydrogens is 371 g/mol. The normalized spacial score (nSPS) is 14.9. The van der Waals surface area contributed by atoms with E-state index in [1.165, 1.54) is 6.07 Å². The summed E-state index contributed by atoms with van der Waals surface area (Å²) in [7, 11) is 0. The molecule has 0 unspecified atom stereocenters. The van der Waals surface area contributed by atoms with E-state index >= 15 is 0 Å². The highest BCUT2D eigenvalue weighted by atomic mass is 19.4. The van der Waals surface area contributed by atoms with Gasteiger partial charge in [0, 0.05) is 13.1 Å². The number of hydrogen-bond acceptors (Lipinski definition) is 6. The average molecular weight is 385 g/mol. The summed E-state index contributed by atoms with van der Waals surface area (Å²) in [5.74, 6) is -1.92. The molecule has 27 heavy (non-hydrogen) atoms. The molecule has 0 radical (unpaired) electrons. The lowest BCUT2D eigenvalue weighted by molar-refractivity contribution is -0.402. The number of carbonyl (C=O) groups is 1. The fourth-order valence-corrected chi connectivity index (χ4v) is 2.62. The maximum atomic E-state index is 13.1. The third-order valence-electron chi connectivity index (χ3n) is 3.92. The van der Waals surface area contributed by atoms with Crippen LogP contribution in [-0.4, -0.2) is 37.1 Å². The number of rotatable bonds is 4. The van der Waals surface area contributed by atoms with Crippen molar-refractivity contribution < 1.29 is 32.0 Å². The number of anilines is 2. The third kappa shape index (κ3) is 4.19. The summed E-state index contributed by atoms with van der Waals surface area (Å²) < 4.78 is 49.2. The van der Waals surface area contributed by atoms with E-state index < -0.39 is 28.5 Å². The van der Waals surface area contributed by atoms with Crippen LogP contribution >= 0.6 is 0 Å². The SMILES string of the molecule is O=C(Nc1cc(C(F)(F)F)ccc1N1CCOCC1)c1ccc([N+](=O)[O-])o1. The number of alkyl halides is 3. The molecule has 0 saturated carbocycles. The zero-order valence-corrected chi connectivity index (χ0v) is 13.8. The van der Waals surface area contributed by atoms with E-state index in [0.717, 1.165) is 24.3 Å². The topological polar surface area (TPSA) is 97.9 Å². The number of amides is 1. The Labute approximate surface area is 150 Å². The van der Waals surface area contributed by atoms with Gasteiger partial charge >= 0.3 is 12.1 Å². The van der Waals surface area contributed by atoms with Crippen molar-refractivity contribution in [1.29, 1.82) is 0 Å². The summed E-state index contributed by atoms with van der Waals surface area (Å²) in [5.41, 5.74) is -0.614. The first-order valence-corrected chi connectivity index (χ1v) is 7.85. The molecule has 2 heterocycles. The van der Waals surface area contributed by atoms with Crippen molar-refractivity contribution in [2.45, 2.75) is 6.18 Å². The molecule has 1 saturated heterocycles. The van der Waals surface area contributed by atoms with Crippen LogP contribution in [-0.2, 0) is 10.9 Å². The number of ether oxygens (including phenoxy) is 1. The molecule has 11 heteroatoms. The fraction of sp³-hybridized carbons (Fsp3) is 0.312. The van der Waals surface area contributed by atoms with Crippen LogP contribution in [0.4, 0.5) is 30.4 Å². The third-order valence-corrected chi connectivity index (χ3v) is 3.92. The highest BCUT2D eigenvalue weighted by molar-refractivity contribution is 6.04. The minimum Gasteiger partial charge on any atom is -0.395 e. The molecule has 1 aliphatic heterocycles. The molecule has 1 aliphatic rings. The van der Waals surface area contributed by atoms with Gasteiger partial charge in [-0.3, -0.25) is 14.9 Å². The number of furan rings is 1. The lowest BCUT2D eigenvalue weighted by Crippen LogP contribution is -2.36. The maximum Gasteiger partial charge on any atom is 0.433 e. The smallest absolute Gasteiger partial charge is 0.395 e. The maximum absolute atomic E-state index is 13.1. The van der Waals surface area contributed by atoms with E-state index in [0.29, 0.717) is 32.0 Å². The summed E-state index contributed by atoms with van der Waals surface area (Å²) in [6.45, 7) is 1.69. The average Bonchev–Trinajstić information content (AvgIpc) is 3.12. The van der Waals surface area contributed by atoms with Crippen molar-refractivity contribution in [2.24, 2.45) is 0 Å². The summed E-state index contributed by atoms with van der Waals surface area (Å²) in [6, 6.07) is 5.09. The standard InChI is InChI=1S/C16H14F3N3O5/c17-16(18,19)10-1-2-12(21-5-7-26-8-6-21)11(9-10)20-15(23)13-3-4-14(27-13)22(24)25/h1-4,9H,5-8H2,(H,20,23). The molecule has 1 N–H and O–H groups in total. The quantitative estimate of drug-likeness (QED) is 0.641. The number of nitrogens with zero attached hydrogens (tertiary/aromatic N) is 2. The molecule has 2 aromatic rings. The summed E-state index contributed by atoms with van der Waals surface area (Å²) in [6.07, 6.45) is -4.59. The van der Waals surface area contributed by atoms with Crippen molar-refractivity contribution in [3.8, 4) is 0 Å². The molecular formula is C16H14F3N3O5. The van der Waals surface area contributed by atoms with Crippen LogP contribution in [0.5, 0.6) is 0 Å². The van der Waals surface area contributed by atoms with E-state index in [-0.39, 0.29) is 11.4 Å². The number of morpholine rings is 1. The fourth-order valence-electron chi connectivity index (χ4n) is 2.62. The minimum atomic E-state index is -4.59. The molecule has 0 bridgehead atoms. The molecule has 3 rings (SSSR count). The second-order valence-corrected chi connectivity index (χ2v) is 5.68. The number of halogens is 3. The Morgan fingerprint density at radius 2 is 1.89 bits per heavy atom. The molecule has 144 valence electrons.